The third-order valence-electron chi connectivity index (χ3n) is 2.42. The van der Waals surface area contributed by atoms with Gasteiger partial charge in [0.05, 0.1) is 18.3 Å². The average Bonchev–Trinajstić information content (AvgIpc) is 2.89. The van der Waals surface area contributed by atoms with Crippen LogP contribution in [-0.2, 0) is 7.05 Å². The molecule has 1 unspecified atom stereocenters. The standard InChI is InChI=1S/C10H12N4O3/c1-11-10(7-5-12-13(2)6-7)8-3-4-9(17-8)14(15)16/h3-6,10-11H,1-2H3. The van der Waals surface area contributed by atoms with Crippen LogP contribution in [0, 0.1) is 10.1 Å². The van der Waals surface area contributed by atoms with Gasteiger partial charge in [0.1, 0.15) is 10.7 Å². The van der Waals surface area contributed by atoms with Gasteiger partial charge in [0, 0.05) is 18.8 Å². The number of aryl methyl sites for hydroxylation is 1. The molecule has 0 saturated heterocycles. The van der Waals surface area contributed by atoms with Gasteiger partial charge in [0.25, 0.3) is 0 Å². The van der Waals surface area contributed by atoms with Crippen LogP contribution in [0.3, 0.4) is 0 Å². The van der Waals surface area contributed by atoms with Crippen LogP contribution in [0.5, 0.6) is 0 Å². The molecular weight excluding hydrogens is 224 g/mol. The fourth-order valence-electron chi connectivity index (χ4n) is 1.66. The molecule has 0 aliphatic rings. The Morgan fingerprint density at radius 2 is 2.35 bits per heavy atom. The SMILES string of the molecule is CNC(c1cnn(C)c1)c1ccc([N+](=O)[O-])o1. The molecule has 17 heavy (non-hydrogen) atoms. The number of furan rings is 1. The molecule has 2 heterocycles. The van der Waals surface area contributed by atoms with Crippen LogP contribution in [0.25, 0.3) is 0 Å². The molecule has 7 nitrogen and oxygen atoms in total. The van der Waals surface area contributed by atoms with E-state index in [1.54, 1.807) is 31.0 Å². The van der Waals surface area contributed by atoms with Crippen LogP contribution < -0.4 is 5.32 Å². The molecule has 0 aliphatic carbocycles. The average molecular weight is 236 g/mol. The highest BCUT2D eigenvalue weighted by Crippen LogP contribution is 2.26. The van der Waals surface area contributed by atoms with Crippen LogP contribution in [0.15, 0.2) is 28.9 Å². The molecule has 0 fully saturated rings. The molecule has 1 atom stereocenters. The lowest BCUT2D eigenvalue weighted by Crippen LogP contribution is -2.16. The minimum absolute atomic E-state index is 0.239. The van der Waals surface area contributed by atoms with Crippen molar-refractivity contribution in [2.24, 2.45) is 7.05 Å². The maximum atomic E-state index is 10.5. The van der Waals surface area contributed by atoms with E-state index in [1.807, 2.05) is 6.20 Å². The first kappa shape index (κ1) is 11.3. The van der Waals surface area contributed by atoms with Gasteiger partial charge in [-0.15, -0.1) is 0 Å². The number of nitrogens with zero attached hydrogens (tertiary/aromatic N) is 3. The Kier molecular flexibility index (Phi) is 2.92. The van der Waals surface area contributed by atoms with Crippen molar-refractivity contribution >= 4 is 5.88 Å². The van der Waals surface area contributed by atoms with Gasteiger partial charge >= 0.3 is 5.88 Å². The number of rotatable bonds is 4. The molecule has 0 amide bonds. The highest BCUT2D eigenvalue weighted by molar-refractivity contribution is 5.26. The van der Waals surface area contributed by atoms with Crippen molar-refractivity contribution in [1.29, 1.82) is 0 Å². The number of hydrogen-bond donors (Lipinski definition) is 1. The zero-order valence-corrected chi connectivity index (χ0v) is 9.45. The van der Waals surface area contributed by atoms with Crippen molar-refractivity contribution < 1.29 is 9.34 Å². The van der Waals surface area contributed by atoms with Gasteiger partial charge in [-0.3, -0.25) is 14.8 Å². The van der Waals surface area contributed by atoms with Crippen LogP contribution in [-0.4, -0.2) is 21.8 Å². The summed E-state index contributed by atoms with van der Waals surface area (Å²) in [5, 5.41) is 17.6. The van der Waals surface area contributed by atoms with E-state index < -0.39 is 4.92 Å². The summed E-state index contributed by atoms with van der Waals surface area (Å²) in [4.78, 5) is 9.98. The normalized spacial score (nSPS) is 12.6. The van der Waals surface area contributed by atoms with E-state index in [4.69, 9.17) is 4.42 Å². The third kappa shape index (κ3) is 2.18. The smallest absolute Gasteiger partial charge is 0.404 e. The van der Waals surface area contributed by atoms with E-state index in [-0.39, 0.29) is 11.9 Å². The molecule has 1 N–H and O–H groups in total. The van der Waals surface area contributed by atoms with Crippen molar-refractivity contribution in [3.63, 3.8) is 0 Å². The number of aromatic nitrogens is 2. The van der Waals surface area contributed by atoms with Gasteiger partial charge in [0.2, 0.25) is 0 Å². The quantitative estimate of drug-likeness (QED) is 0.637. The van der Waals surface area contributed by atoms with Gasteiger partial charge in [-0.1, -0.05) is 0 Å². The summed E-state index contributed by atoms with van der Waals surface area (Å²) in [7, 11) is 3.56. The van der Waals surface area contributed by atoms with Gasteiger partial charge in [-0.2, -0.15) is 5.10 Å². The molecule has 7 heteroatoms. The lowest BCUT2D eigenvalue weighted by molar-refractivity contribution is -0.402. The Labute approximate surface area is 97.2 Å². The van der Waals surface area contributed by atoms with Crippen LogP contribution in [0.1, 0.15) is 17.4 Å². The molecule has 0 aromatic carbocycles. The summed E-state index contributed by atoms with van der Waals surface area (Å²) in [5.74, 6) is 0.233. The number of nitro groups is 1. The second kappa shape index (κ2) is 4.38. The largest absolute Gasteiger partial charge is 0.433 e. The lowest BCUT2D eigenvalue weighted by atomic mass is 10.1. The zero-order chi connectivity index (χ0) is 12.4. The van der Waals surface area contributed by atoms with E-state index in [1.165, 1.54) is 6.07 Å². The highest BCUT2D eigenvalue weighted by atomic mass is 16.6. The topological polar surface area (TPSA) is 86.1 Å². The van der Waals surface area contributed by atoms with E-state index in [0.29, 0.717) is 5.76 Å². The molecule has 0 radical (unpaired) electrons. The van der Waals surface area contributed by atoms with Gasteiger partial charge in [0.15, 0.2) is 0 Å². The fraction of sp³-hybridized carbons (Fsp3) is 0.300. The Balaban J connectivity index is 2.31. The van der Waals surface area contributed by atoms with E-state index in [9.17, 15) is 10.1 Å². The molecule has 90 valence electrons. The molecule has 0 aliphatic heterocycles. The first-order valence-corrected chi connectivity index (χ1v) is 5.01. The van der Waals surface area contributed by atoms with E-state index in [0.717, 1.165) is 5.56 Å². The van der Waals surface area contributed by atoms with Crippen molar-refractivity contribution in [3.05, 3.63) is 46.0 Å². The second-order valence-electron chi connectivity index (χ2n) is 3.60. The van der Waals surface area contributed by atoms with Gasteiger partial charge in [-0.25, -0.2) is 0 Å². The summed E-state index contributed by atoms with van der Waals surface area (Å²) in [6.07, 6.45) is 3.52. The van der Waals surface area contributed by atoms with E-state index >= 15 is 0 Å². The highest BCUT2D eigenvalue weighted by Gasteiger charge is 2.20. The molecule has 2 aromatic heterocycles. The fourth-order valence-corrected chi connectivity index (χ4v) is 1.66. The third-order valence-corrected chi connectivity index (χ3v) is 2.42. The van der Waals surface area contributed by atoms with Crippen molar-refractivity contribution in [3.8, 4) is 0 Å². The van der Waals surface area contributed by atoms with Crippen molar-refractivity contribution in [2.75, 3.05) is 7.05 Å². The summed E-state index contributed by atoms with van der Waals surface area (Å²) in [6, 6.07) is 2.69. The van der Waals surface area contributed by atoms with Crippen LogP contribution in [0.2, 0.25) is 0 Å². The second-order valence-corrected chi connectivity index (χ2v) is 3.60. The van der Waals surface area contributed by atoms with Crippen LogP contribution >= 0.6 is 0 Å². The Bertz CT molecular complexity index is 531. The van der Waals surface area contributed by atoms with Crippen molar-refractivity contribution in [1.82, 2.24) is 15.1 Å². The summed E-state index contributed by atoms with van der Waals surface area (Å²) in [5.41, 5.74) is 0.888. The van der Waals surface area contributed by atoms with Crippen molar-refractivity contribution in [2.45, 2.75) is 6.04 Å². The Morgan fingerprint density at radius 1 is 1.59 bits per heavy atom. The minimum atomic E-state index is -0.556. The molecule has 0 spiro atoms. The first-order chi connectivity index (χ1) is 8.11. The lowest BCUT2D eigenvalue weighted by Gasteiger charge is -2.10. The number of hydrogen-bond acceptors (Lipinski definition) is 5. The van der Waals surface area contributed by atoms with Crippen LogP contribution in [0.4, 0.5) is 5.88 Å². The minimum Gasteiger partial charge on any atom is -0.404 e. The predicted molar refractivity (Wildman–Crippen MR) is 59.5 cm³/mol. The number of nitrogens with one attached hydrogen (secondary N) is 1. The molecule has 0 bridgehead atoms. The van der Waals surface area contributed by atoms with Gasteiger partial charge < -0.3 is 9.73 Å². The van der Waals surface area contributed by atoms with Gasteiger partial charge in [-0.05, 0) is 13.1 Å². The summed E-state index contributed by atoms with van der Waals surface area (Å²) >= 11 is 0. The predicted octanol–water partition coefficient (Wildman–Crippen LogP) is 1.23. The zero-order valence-electron chi connectivity index (χ0n) is 9.45. The Morgan fingerprint density at radius 3 is 2.82 bits per heavy atom. The Hall–Kier alpha value is -2.15. The summed E-state index contributed by atoms with van der Waals surface area (Å²) < 4.78 is 6.83. The van der Waals surface area contributed by atoms with E-state index in [2.05, 4.69) is 10.4 Å². The first-order valence-electron chi connectivity index (χ1n) is 5.01. The molecule has 2 aromatic rings. The molecule has 2 rings (SSSR count). The maximum absolute atomic E-state index is 10.5. The summed E-state index contributed by atoms with van der Waals surface area (Å²) in [6.45, 7) is 0. The molecular formula is C10H12N4O3. The maximum Gasteiger partial charge on any atom is 0.433 e. The molecule has 0 saturated carbocycles. The monoisotopic (exact) mass is 236 g/mol.